The summed E-state index contributed by atoms with van der Waals surface area (Å²) >= 11 is 0. The fourth-order valence-corrected chi connectivity index (χ4v) is 0.358. The summed E-state index contributed by atoms with van der Waals surface area (Å²) in [6.45, 7) is 1.05. The fraction of sp³-hybridized carbons (Fsp3) is 1.00. The molecule has 0 aromatic carbocycles. The molecule has 0 bridgehead atoms. The standard InChI is InChI=1S/C5H12O2.2CH4/c1-7-5-3-2-4-6;;/h6H,2-5H2,1H3;2*1H4. The highest BCUT2D eigenvalue weighted by Gasteiger charge is 1.80. The number of methoxy groups -OCH3 is 1. The minimum Gasteiger partial charge on any atom is -0.396 e. The van der Waals surface area contributed by atoms with Gasteiger partial charge in [0, 0.05) is 20.3 Å². The SMILES string of the molecule is C.C.COCCCCO. The fourth-order valence-electron chi connectivity index (χ4n) is 0.358. The van der Waals surface area contributed by atoms with Crippen molar-refractivity contribution in [3.8, 4) is 0 Å². The Kier molecular flexibility index (Phi) is 27.8. The molecule has 0 unspecified atom stereocenters. The molecular weight excluding hydrogens is 116 g/mol. The normalized spacial score (nSPS) is 7.33. The molecule has 0 atom stereocenters. The van der Waals surface area contributed by atoms with Gasteiger partial charge < -0.3 is 9.84 Å². The number of unbranched alkanes of at least 4 members (excludes halogenated alkanes) is 1. The topological polar surface area (TPSA) is 29.5 Å². The predicted octanol–water partition coefficient (Wildman–Crippen LogP) is 1.68. The van der Waals surface area contributed by atoms with Gasteiger partial charge in [-0.15, -0.1) is 0 Å². The Morgan fingerprint density at radius 2 is 1.78 bits per heavy atom. The molecule has 1 N–H and O–H groups in total. The van der Waals surface area contributed by atoms with Gasteiger partial charge in [-0.05, 0) is 12.8 Å². The highest BCUT2D eigenvalue weighted by molar-refractivity contribution is 4.32. The van der Waals surface area contributed by atoms with Crippen LogP contribution in [0.2, 0.25) is 0 Å². The van der Waals surface area contributed by atoms with Crippen molar-refractivity contribution in [2.75, 3.05) is 20.3 Å². The largest absolute Gasteiger partial charge is 0.396 e. The van der Waals surface area contributed by atoms with Gasteiger partial charge in [-0.1, -0.05) is 14.9 Å². The molecule has 0 aromatic heterocycles. The van der Waals surface area contributed by atoms with Crippen molar-refractivity contribution < 1.29 is 9.84 Å². The second-order valence-electron chi connectivity index (χ2n) is 1.42. The maximum Gasteiger partial charge on any atom is 0.0463 e. The van der Waals surface area contributed by atoms with E-state index in [1.807, 2.05) is 0 Å². The van der Waals surface area contributed by atoms with Crippen molar-refractivity contribution in [1.29, 1.82) is 0 Å². The highest BCUT2D eigenvalue weighted by atomic mass is 16.5. The molecule has 9 heavy (non-hydrogen) atoms. The molecule has 0 aliphatic rings. The zero-order valence-corrected chi connectivity index (χ0v) is 4.68. The van der Waals surface area contributed by atoms with Crippen molar-refractivity contribution in [1.82, 2.24) is 0 Å². The average molecular weight is 136 g/mol. The summed E-state index contributed by atoms with van der Waals surface area (Å²) in [4.78, 5) is 0. The number of aliphatic hydroxyl groups excluding tert-OH is 1. The Labute approximate surface area is 58.8 Å². The first-order valence-electron chi connectivity index (χ1n) is 2.51. The minimum absolute atomic E-state index is 0. The van der Waals surface area contributed by atoms with Crippen LogP contribution in [0, 0.1) is 0 Å². The van der Waals surface area contributed by atoms with Gasteiger partial charge in [-0.2, -0.15) is 0 Å². The van der Waals surface area contributed by atoms with E-state index < -0.39 is 0 Å². The Hall–Kier alpha value is -0.0800. The molecule has 0 aliphatic heterocycles. The van der Waals surface area contributed by atoms with Crippen LogP contribution < -0.4 is 0 Å². The number of aliphatic hydroxyl groups is 1. The van der Waals surface area contributed by atoms with E-state index in [-0.39, 0.29) is 21.5 Å². The maximum atomic E-state index is 8.24. The van der Waals surface area contributed by atoms with Crippen LogP contribution in [-0.4, -0.2) is 25.4 Å². The van der Waals surface area contributed by atoms with E-state index in [1.54, 1.807) is 7.11 Å². The van der Waals surface area contributed by atoms with Crippen molar-refractivity contribution in [3.05, 3.63) is 0 Å². The quantitative estimate of drug-likeness (QED) is 0.596. The van der Waals surface area contributed by atoms with Crippen LogP contribution in [0.3, 0.4) is 0 Å². The van der Waals surface area contributed by atoms with Gasteiger partial charge in [0.05, 0.1) is 0 Å². The highest BCUT2D eigenvalue weighted by Crippen LogP contribution is 1.84. The summed E-state index contributed by atoms with van der Waals surface area (Å²) < 4.78 is 4.73. The maximum absolute atomic E-state index is 8.24. The first kappa shape index (κ1) is 16.0. The summed E-state index contributed by atoms with van der Waals surface area (Å²) in [7, 11) is 1.66. The molecule has 60 valence electrons. The number of hydrogen-bond donors (Lipinski definition) is 1. The lowest BCUT2D eigenvalue weighted by atomic mass is 10.3. The zero-order chi connectivity index (χ0) is 5.54. The van der Waals surface area contributed by atoms with Crippen LogP contribution in [0.15, 0.2) is 0 Å². The second-order valence-corrected chi connectivity index (χ2v) is 1.42. The molecule has 0 spiro atoms. The average Bonchev–Trinajstić information content (AvgIpc) is 1.69. The second kappa shape index (κ2) is 15.7. The molecule has 0 amide bonds. The smallest absolute Gasteiger partial charge is 0.0463 e. The van der Waals surface area contributed by atoms with Crippen LogP contribution in [0.5, 0.6) is 0 Å². The summed E-state index contributed by atoms with van der Waals surface area (Å²) in [5.41, 5.74) is 0. The van der Waals surface area contributed by atoms with Crippen LogP contribution in [0.25, 0.3) is 0 Å². The third-order valence-electron chi connectivity index (χ3n) is 0.757. The summed E-state index contributed by atoms with van der Waals surface area (Å²) in [6, 6.07) is 0. The Morgan fingerprint density at radius 1 is 1.22 bits per heavy atom. The van der Waals surface area contributed by atoms with E-state index in [4.69, 9.17) is 9.84 Å². The van der Waals surface area contributed by atoms with Gasteiger partial charge in [0.25, 0.3) is 0 Å². The van der Waals surface area contributed by atoms with E-state index in [0.717, 1.165) is 19.4 Å². The van der Waals surface area contributed by atoms with Gasteiger partial charge in [0.15, 0.2) is 0 Å². The van der Waals surface area contributed by atoms with Crippen LogP contribution in [0.1, 0.15) is 27.7 Å². The number of rotatable bonds is 4. The molecule has 2 heteroatoms. The third-order valence-corrected chi connectivity index (χ3v) is 0.757. The van der Waals surface area contributed by atoms with E-state index in [9.17, 15) is 0 Å². The third kappa shape index (κ3) is 18.1. The van der Waals surface area contributed by atoms with Crippen LogP contribution >= 0.6 is 0 Å². The molecule has 2 nitrogen and oxygen atoms in total. The summed E-state index contributed by atoms with van der Waals surface area (Å²) in [5.74, 6) is 0. The lowest BCUT2D eigenvalue weighted by molar-refractivity contribution is 0.181. The molecule has 0 fully saturated rings. The monoisotopic (exact) mass is 136 g/mol. The molecule has 0 radical (unpaired) electrons. The van der Waals surface area contributed by atoms with E-state index in [0.29, 0.717) is 0 Å². The first-order valence-corrected chi connectivity index (χ1v) is 2.51. The molecule has 0 heterocycles. The first-order chi connectivity index (χ1) is 3.41. The molecule has 0 aromatic rings. The van der Waals surface area contributed by atoms with Crippen LogP contribution in [-0.2, 0) is 4.74 Å². The Balaban J connectivity index is -0.000000180. The summed E-state index contributed by atoms with van der Waals surface area (Å²) in [6.07, 6.45) is 1.82. The van der Waals surface area contributed by atoms with E-state index in [1.165, 1.54) is 0 Å². The van der Waals surface area contributed by atoms with Crippen LogP contribution in [0.4, 0.5) is 0 Å². The lowest BCUT2D eigenvalue weighted by Crippen LogP contribution is -1.89. The van der Waals surface area contributed by atoms with Gasteiger partial charge >= 0.3 is 0 Å². The summed E-state index contributed by atoms with van der Waals surface area (Å²) in [5, 5.41) is 8.24. The molecular formula is C7H20O2. The molecule has 0 rings (SSSR count). The Bertz CT molecular complexity index is 26.1. The zero-order valence-electron chi connectivity index (χ0n) is 4.68. The Morgan fingerprint density at radius 3 is 2.11 bits per heavy atom. The van der Waals surface area contributed by atoms with Crippen molar-refractivity contribution >= 4 is 0 Å². The van der Waals surface area contributed by atoms with Crippen molar-refractivity contribution in [3.63, 3.8) is 0 Å². The predicted molar refractivity (Wildman–Crippen MR) is 41.7 cm³/mol. The van der Waals surface area contributed by atoms with E-state index >= 15 is 0 Å². The van der Waals surface area contributed by atoms with Gasteiger partial charge in [0.1, 0.15) is 0 Å². The molecule has 0 saturated carbocycles. The minimum atomic E-state index is 0. The number of ether oxygens (including phenoxy) is 1. The number of hydrogen-bond acceptors (Lipinski definition) is 2. The van der Waals surface area contributed by atoms with Crippen molar-refractivity contribution in [2.45, 2.75) is 27.7 Å². The lowest BCUT2D eigenvalue weighted by Gasteiger charge is -1.92. The van der Waals surface area contributed by atoms with E-state index in [2.05, 4.69) is 0 Å². The van der Waals surface area contributed by atoms with Crippen molar-refractivity contribution in [2.24, 2.45) is 0 Å². The molecule has 0 aliphatic carbocycles. The molecule has 0 saturated heterocycles. The van der Waals surface area contributed by atoms with Gasteiger partial charge in [-0.3, -0.25) is 0 Å². The van der Waals surface area contributed by atoms with Gasteiger partial charge in [0.2, 0.25) is 0 Å². The van der Waals surface area contributed by atoms with Gasteiger partial charge in [-0.25, -0.2) is 0 Å².